The molecule has 1 saturated carbocycles. The second-order valence-corrected chi connectivity index (χ2v) is 6.77. The maximum absolute atomic E-state index is 12.3. The molecule has 1 aliphatic carbocycles. The van der Waals surface area contributed by atoms with Gasteiger partial charge in [-0.25, -0.2) is 13.1 Å². The Bertz CT molecular complexity index is 598. The van der Waals surface area contributed by atoms with Gasteiger partial charge in [-0.2, -0.15) is 0 Å². The molecule has 1 heterocycles. The number of fused-ring (bicyclic) bond motifs is 1. The largest absolute Gasteiger partial charge is 0.486 e. The standard InChI is InChI=1S/C12H14ClNO4S/c13-8-12(3-4-12)14-19(15,16)9-1-2-10-11(7-9)18-6-5-17-10/h1-2,7,14H,3-6,8H2. The van der Waals surface area contributed by atoms with Crippen LogP contribution in [-0.2, 0) is 10.0 Å². The lowest BCUT2D eigenvalue weighted by atomic mass is 10.3. The van der Waals surface area contributed by atoms with Gasteiger partial charge in [0.25, 0.3) is 0 Å². The SMILES string of the molecule is O=S(=O)(NC1(CCl)CC1)c1ccc2c(c1)OCCO2. The Labute approximate surface area is 116 Å². The molecule has 0 amide bonds. The normalized spacial score (nSPS) is 20.1. The van der Waals surface area contributed by atoms with E-state index >= 15 is 0 Å². The summed E-state index contributed by atoms with van der Waals surface area (Å²) in [4.78, 5) is 0.174. The lowest BCUT2D eigenvalue weighted by Crippen LogP contribution is -2.38. The van der Waals surface area contributed by atoms with Crippen LogP contribution in [0.15, 0.2) is 23.1 Å². The molecule has 19 heavy (non-hydrogen) atoms. The Morgan fingerprint density at radius 1 is 1.21 bits per heavy atom. The van der Waals surface area contributed by atoms with Crippen molar-refractivity contribution < 1.29 is 17.9 Å². The van der Waals surface area contributed by atoms with Crippen LogP contribution in [0.3, 0.4) is 0 Å². The summed E-state index contributed by atoms with van der Waals surface area (Å²) in [5.74, 6) is 1.32. The third kappa shape index (κ3) is 2.52. The highest BCUT2D eigenvalue weighted by Gasteiger charge is 2.45. The van der Waals surface area contributed by atoms with Crippen molar-refractivity contribution >= 4 is 21.6 Å². The molecule has 104 valence electrons. The quantitative estimate of drug-likeness (QED) is 0.856. The first-order valence-electron chi connectivity index (χ1n) is 6.04. The molecule has 1 aliphatic heterocycles. The monoisotopic (exact) mass is 303 g/mol. The van der Waals surface area contributed by atoms with Gasteiger partial charge < -0.3 is 9.47 Å². The summed E-state index contributed by atoms with van der Waals surface area (Å²) in [5.41, 5.74) is -0.465. The first-order chi connectivity index (χ1) is 9.05. The molecule has 3 rings (SSSR count). The van der Waals surface area contributed by atoms with Gasteiger partial charge in [0, 0.05) is 17.5 Å². The predicted molar refractivity (Wildman–Crippen MR) is 70.4 cm³/mol. The van der Waals surface area contributed by atoms with Crippen LogP contribution >= 0.6 is 11.6 Å². The summed E-state index contributed by atoms with van der Waals surface area (Å²) in [6.45, 7) is 0.905. The number of ether oxygens (including phenoxy) is 2. The van der Waals surface area contributed by atoms with Crippen molar-refractivity contribution in [2.24, 2.45) is 0 Å². The minimum absolute atomic E-state index is 0.174. The summed E-state index contributed by atoms with van der Waals surface area (Å²) in [6, 6.07) is 4.62. The van der Waals surface area contributed by atoms with Gasteiger partial charge >= 0.3 is 0 Å². The van der Waals surface area contributed by atoms with Gasteiger partial charge in [-0.1, -0.05) is 0 Å². The summed E-state index contributed by atoms with van der Waals surface area (Å²) in [6.07, 6.45) is 1.56. The number of halogens is 1. The van der Waals surface area contributed by atoms with Gasteiger partial charge in [-0.15, -0.1) is 11.6 Å². The van der Waals surface area contributed by atoms with Crippen molar-refractivity contribution in [2.75, 3.05) is 19.1 Å². The Morgan fingerprint density at radius 2 is 1.89 bits per heavy atom. The minimum Gasteiger partial charge on any atom is -0.486 e. The Balaban J connectivity index is 1.89. The van der Waals surface area contributed by atoms with E-state index in [1.165, 1.54) is 12.1 Å². The fraction of sp³-hybridized carbons (Fsp3) is 0.500. The molecule has 0 bridgehead atoms. The first kappa shape index (κ1) is 13.0. The molecule has 0 saturated heterocycles. The summed E-state index contributed by atoms with van der Waals surface area (Å²) >= 11 is 5.79. The molecule has 5 nitrogen and oxygen atoms in total. The van der Waals surface area contributed by atoms with Gasteiger partial charge in [0.15, 0.2) is 11.5 Å². The van der Waals surface area contributed by atoms with Crippen molar-refractivity contribution in [3.63, 3.8) is 0 Å². The van der Waals surface area contributed by atoms with E-state index in [1.54, 1.807) is 6.07 Å². The molecular weight excluding hydrogens is 290 g/mol. The van der Waals surface area contributed by atoms with Gasteiger partial charge in [-0.3, -0.25) is 0 Å². The average molecular weight is 304 g/mol. The van der Waals surface area contributed by atoms with Crippen molar-refractivity contribution in [3.8, 4) is 11.5 Å². The maximum atomic E-state index is 12.3. The van der Waals surface area contributed by atoms with E-state index in [4.69, 9.17) is 21.1 Å². The van der Waals surface area contributed by atoms with Crippen LogP contribution in [-0.4, -0.2) is 33.1 Å². The van der Waals surface area contributed by atoms with E-state index in [-0.39, 0.29) is 10.8 Å². The van der Waals surface area contributed by atoms with Gasteiger partial charge in [0.2, 0.25) is 10.0 Å². The van der Waals surface area contributed by atoms with Crippen LogP contribution in [0.25, 0.3) is 0 Å². The van der Waals surface area contributed by atoms with E-state index in [0.29, 0.717) is 24.7 Å². The van der Waals surface area contributed by atoms with Crippen molar-refractivity contribution in [1.82, 2.24) is 4.72 Å². The highest BCUT2D eigenvalue weighted by atomic mass is 35.5. The van der Waals surface area contributed by atoms with E-state index in [2.05, 4.69) is 4.72 Å². The summed E-state index contributed by atoms with van der Waals surface area (Å²) in [7, 11) is -3.57. The summed E-state index contributed by atoms with van der Waals surface area (Å²) in [5, 5.41) is 0. The zero-order chi connectivity index (χ0) is 13.5. The Kier molecular flexibility index (Phi) is 3.11. The fourth-order valence-electron chi connectivity index (χ4n) is 1.95. The summed E-state index contributed by atoms with van der Waals surface area (Å²) < 4.78 is 37.9. The molecule has 1 fully saturated rings. The number of benzene rings is 1. The topological polar surface area (TPSA) is 64.6 Å². The van der Waals surface area contributed by atoms with Crippen LogP contribution in [0, 0.1) is 0 Å². The fourth-order valence-corrected chi connectivity index (χ4v) is 3.84. The van der Waals surface area contributed by atoms with Crippen LogP contribution in [0.5, 0.6) is 11.5 Å². The van der Waals surface area contributed by atoms with Gasteiger partial charge in [0.05, 0.1) is 4.90 Å². The van der Waals surface area contributed by atoms with Crippen molar-refractivity contribution in [3.05, 3.63) is 18.2 Å². The third-order valence-corrected chi connectivity index (χ3v) is 5.37. The van der Waals surface area contributed by atoms with Crippen molar-refractivity contribution in [2.45, 2.75) is 23.3 Å². The molecule has 1 aromatic rings. The molecule has 1 N–H and O–H groups in total. The minimum atomic E-state index is -3.57. The van der Waals surface area contributed by atoms with Crippen LogP contribution < -0.4 is 14.2 Å². The molecule has 0 aromatic heterocycles. The van der Waals surface area contributed by atoms with Crippen LogP contribution in [0.4, 0.5) is 0 Å². The Hall–Kier alpha value is -0.980. The van der Waals surface area contributed by atoms with Gasteiger partial charge in [0.1, 0.15) is 13.2 Å². The first-order valence-corrected chi connectivity index (χ1v) is 8.06. The van der Waals surface area contributed by atoms with Crippen molar-refractivity contribution in [1.29, 1.82) is 0 Å². The molecular formula is C12H14ClNO4S. The molecule has 7 heteroatoms. The molecule has 0 radical (unpaired) electrons. The van der Waals surface area contributed by atoms with E-state index in [1.807, 2.05) is 0 Å². The highest BCUT2D eigenvalue weighted by molar-refractivity contribution is 7.89. The second kappa shape index (κ2) is 4.54. The number of hydrogen-bond donors (Lipinski definition) is 1. The van der Waals surface area contributed by atoms with Crippen LogP contribution in [0.2, 0.25) is 0 Å². The second-order valence-electron chi connectivity index (χ2n) is 4.82. The van der Waals surface area contributed by atoms with Gasteiger partial charge in [-0.05, 0) is 25.0 Å². The van der Waals surface area contributed by atoms with Crippen LogP contribution in [0.1, 0.15) is 12.8 Å². The van der Waals surface area contributed by atoms with E-state index < -0.39 is 15.6 Å². The van der Waals surface area contributed by atoms with E-state index in [0.717, 1.165) is 12.8 Å². The molecule has 0 unspecified atom stereocenters. The number of rotatable bonds is 4. The third-order valence-electron chi connectivity index (χ3n) is 3.28. The number of sulfonamides is 1. The molecule has 0 spiro atoms. The number of nitrogens with one attached hydrogen (secondary N) is 1. The predicted octanol–water partition coefficient (Wildman–Crippen LogP) is 1.51. The Morgan fingerprint density at radius 3 is 2.53 bits per heavy atom. The molecule has 1 aromatic carbocycles. The lowest BCUT2D eigenvalue weighted by Gasteiger charge is -2.20. The number of alkyl halides is 1. The molecule has 2 aliphatic rings. The molecule has 0 atom stereocenters. The highest BCUT2D eigenvalue weighted by Crippen LogP contribution is 2.39. The average Bonchev–Trinajstić information content (AvgIpc) is 3.18. The van der Waals surface area contributed by atoms with E-state index in [9.17, 15) is 8.42 Å². The smallest absolute Gasteiger partial charge is 0.241 e. The zero-order valence-corrected chi connectivity index (χ0v) is 11.8. The maximum Gasteiger partial charge on any atom is 0.241 e. The zero-order valence-electron chi connectivity index (χ0n) is 10.2. The lowest BCUT2D eigenvalue weighted by molar-refractivity contribution is 0.171. The number of hydrogen-bond acceptors (Lipinski definition) is 4.